The van der Waals surface area contributed by atoms with Crippen LogP contribution in [0.3, 0.4) is 0 Å². The molecule has 0 saturated heterocycles. The van der Waals surface area contributed by atoms with E-state index in [1.807, 2.05) is 0 Å². The average molecular weight is 189 g/mol. The first-order chi connectivity index (χ1) is 6.60. The van der Waals surface area contributed by atoms with Gasteiger partial charge in [0.1, 0.15) is 5.75 Å². The Bertz CT molecular complexity index is 443. The highest BCUT2D eigenvalue weighted by Crippen LogP contribution is 2.22. The Balaban J connectivity index is 3.49. The molecule has 1 aromatic carbocycles. The summed E-state index contributed by atoms with van der Waals surface area (Å²) in [6, 6.07) is 2.44. The summed E-state index contributed by atoms with van der Waals surface area (Å²) < 4.78 is 0. The van der Waals surface area contributed by atoms with Crippen LogP contribution in [0, 0.1) is 12.3 Å². The predicted molar refractivity (Wildman–Crippen MR) is 49.9 cm³/mol. The molecule has 0 atom stereocenters. The summed E-state index contributed by atoms with van der Waals surface area (Å²) in [7, 11) is 0. The van der Waals surface area contributed by atoms with E-state index < -0.39 is 5.91 Å². The summed E-state index contributed by atoms with van der Waals surface area (Å²) >= 11 is 0. The summed E-state index contributed by atoms with van der Waals surface area (Å²) in [6.45, 7) is 0. The van der Waals surface area contributed by atoms with Gasteiger partial charge in [-0.25, -0.2) is 0 Å². The zero-order valence-corrected chi connectivity index (χ0v) is 7.15. The number of phenolic OH excluding ortho intramolecular Hbond substituents is 1. The van der Waals surface area contributed by atoms with Gasteiger partial charge in [0.15, 0.2) is 6.29 Å². The van der Waals surface area contributed by atoms with Gasteiger partial charge in [0, 0.05) is 5.56 Å². The molecule has 0 unspecified atom stereocenters. The molecule has 1 rings (SSSR count). The quantitative estimate of drug-likeness (QED) is 0.518. The lowest BCUT2D eigenvalue weighted by molar-refractivity contribution is 0.1000. The van der Waals surface area contributed by atoms with Crippen molar-refractivity contribution in [1.82, 2.24) is 0 Å². The standard InChI is InChI=1S/C10H7NO3/c1-2-6-3-7(10(11)14)4-8(5-12)9(6)13/h1,3-5,13H,(H2,11,14). The fourth-order valence-corrected chi connectivity index (χ4v) is 0.999. The predicted octanol–water partition coefficient (Wildman–Crippen LogP) is 0.285. The molecular formula is C10H7NO3. The molecule has 0 spiro atoms. The number of phenols is 1. The molecule has 1 amide bonds. The molecule has 0 bridgehead atoms. The van der Waals surface area contributed by atoms with Gasteiger partial charge in [-0.3, -0.25) is 9.59 Å². The van der Waals surface area contributed by atoms with Crippen molar-refractivity contribution in [2.45, 2.75) is 0 Å². The maximum absolute atomic E-state index is 10.8. The topological polar surface area (TPSA) is 80.4 Å². The Hall–Kier alpha value is -2.28. The minimum absolute atomic E-state index is 0.0470. The highest BCUT2D eigenvalue weighted by Gasteiger charge is 2.10. The third-order valence-corrected chi connectivity index (χ3v) is 1.71. The van der Waals surface area contributed by atoms with Crippen LogP contribution in [0.4, 0.5) is 0 Å². The molecule has 0 aromatic heterocycles. The van der Waals surface area contributed by atoms with E-state index in [1.54, 1.807) is 0 Å². The second-order valence-electron chi connectivity index (χ2n) is 2.59. The number of aromatic hydroxyl groups is 1. The molecule has 0 radical (unpaired) electrons. The van der Waals surface area contributed by atoms with E-state index in [2.05, 4.69) is 5.92 Å². The summed E-state index contributed by atoms with van der Waals surface area (Å²) in [6.07, 6.45) is 5.47. The molecule has 14 heavy (non-hydrogen) atoms. The molecule has 0 aliphatic rings. The van der Waals surface area contributed by atoms with Gasteiger partial charge >= 0.3 is 0 Å². The molecule has 4 nitrogen and oxygen atoms in total. The van der Waals surface area contributed by atoms with Crippen LogP contribution in [0.2, 0.25) is 0 Å². The van der Waals surface area contributed by atoms with E-state index in [1.165, 1.54) is 12.1 Å². The molecule has 0 aliphatic heterocycles. The van der Waals surface area contributed by atoms with Gasteiger partial charge in [0.25, 0.3) is 0 Å². The Morgan fingerprint density at radius 1 is 1.57 bits per heavy atom. The third kappa shape index (κ3) is 1.57. The van der Waals surface area contributed by atoms with Crippen molar-refractivity contribution in [3.8, 4) is 18.1 Å². The van der Waals surface area contributed by atoms with E-state index >= 15 is 0 Å². The Morgan fingerprint density at radius 2 is 2.21 bits per heavy atom. The first-order valence-electron chi connectivity index (χ1n) is 3.68. The van der Waals surface area contributed by atoms with Crippen molar-refractivity contribution in [3.05, 3.63) is 28.8 Å². The van der Waals surface area contributed by atoms with E-state index in [4.69, 9.17) is 12.2 Å². The minimum atomic E-state index is -0.704. The number of benzene rings is 1. The number of hydrogen-bond acceptors (Lipinski definition) is 3. The monoisotopic (exact) mass is 189 g/mol. The second-order valence-corrected chi connectivity index (χ2v) is 2.59. The Labute approximate surface area is 80.3 Å². The molecule has 0 fully saturated rings. The van der Waals surface area contributed by atoms with Crippen molar-refractivity contribution in [3.63, 3.8) is 0 Å². The van der Waals surface area contributed by atoms with Crippen LogP contribution >= 0.6 is 0 Å². The van der Waals surface area contributed by atoms with E-state index in [-0.39, 0.29) is 22.4 Å². The summed E-state index contributed by atoms with van der Waals surface area (Å²) in [5.74, 6) is 1.13. The number of terminal acetylenes is 1. The smallest absolute Gasteiger partial charge is 0.248 e. The first-order valence-corrected chi connectivity index (χ1v) is 3.68. The van der Waals surface area contributed by atoms with Crippen LogP contribution in [-0.2, 0) is 0 Å². The van der Waals surface area contributed by atoms with Gasteiger partial charge < -0.3 is 10.8 Å². The highest BCUT2D eigenvalue weighted by molar-refractivity contribution is 5.96. The van der Waals surface area contributed by atoms with E-state index in [0.717, 1.165) is 0 Å². The van der Waals surface area contributed by atoms with E-state index in [9.17, 15) is 14.7 Å². The molecule has 4 heteroatoms. The lowest BCUT2D eigenvalue weighted by Gasteiger charge is -2.03. The van der Waals surface area contributed by atoms with E-state index in [0.29, 0.717) is 6.29 Å². The fourth-order valence-electron chi connectivity index (χ4n) is 0.999. The van der Waals surface area contributed by atoms with Gasteiger partial charge in [0.2, 0.25) is 5.91 Å². The van der Waals surface area contributed by atoms with Gasteiger partial charge in [0.05, 0.1) is 11.1 Å². The zero-order chi connectivity index (χ0) is 10.7. The Morgan fingerprint density at radius 3 is 2.64 bits per heavy atom. The third-order valence-electron chi connectivity index (χ3n) is 1.71. The number of carbonyl (C=O) groups excluding carboxylic acids is 2. The van der Waals surface area contributed by atoms with Gasteiger partial charge in [-0.15, -0.1) is 6.42 Å². The van der Waals surface area contributed by atoms with Crippen LogP contribution in [0.25, 0.3) is 0 Å². The average Bonchev–Trinajstić information content (AvgIpc) is 2.17. The lowest BCUT2D eigenvalue weighted by atomic mass is 10.0. The molecule has 70 valence electrons. The SMILES string of the molecule is C#Cc1cc(C(N)=O)cc(C=O)c1O. The summed E-state index contributed by atoms with van der Waals surface area (Å²) in [4.78, 5) is 21.3. The maximum Gasteiger partial charge on any atom is 0.248 e. The van der Waals surface area contributed by atoms with Crippen molar-refractivity contribution in [2.24, 2.45) is 5.73 Å². The fraction of sp³-hybridized carbons (Fsp3) is 0. The largest absolute Gasteiger partial charge is 0.506 e. The van der Waals surface area contributed by atoms with Crippen molar-refractivity contribution < 1.29 is 14.7 Å². The molecule has 0 aliphatic carbocycles. The summed E-state index contributed by atoms with van der Waals surface area (Å²) in [5, 5.41) is 9.37. The lowest BCUT2D eigenvalue weighted by Crippen LogP contribution is -2.11. The van der Waals surface area contributed by atoms with Gasteiger partial charge in [-0.1, -0.05) is 5.92 Å². The zero-order valence-electron chi connectivity index (χ0n) is 7.15. The number of hydrogen-bond donors (Lipinski definition) is 2. The minimum Gasteiger partial charge on any atom is -0.506 e. The van der Waals surface area contributed by atoms with Gasteiger partial charge in [-0.2, -0.15) is 0 Å². The van der Waals surface area contributed by atoms with Crippen molar-refractivity contribution in [2.75, 3.05) is 0 Å². The van der Waals surface area contributed by atoms with Crippen LogP contribution in [0.5, 0.6) is 5.75 Å². The molecule has 1 aromatic rings. The maximum atomic E-state index is 10.8. The van der Waals surface area contributed by atoms with Crippen LogP contribution in [0.15, 0.2) is 12.1 Å². The highest BCUT2D eigenvalue weighted by atomic mass is 16.3. The second kappa shape index (κ2) is 3.62. The number of primary amides is 1. The first kappa shape index (κ1) is 9.81. The van der Waals surface area contributed by atoms with Crippen LogP contribution in [-0.4, -0.2) is 17.3 Å². The molecule has 0 heterocycles. The van der Waals surface area contributed by atoms with Gasteiger partial charge in [-0.05, 0) is 12.1 Å². The molecule has 3 N–H and O–H groups in total. The summed E-state index contributed by atoms with van der Waals surface area (Å²) in [5.41, 5.74) is 5.13. The van der Waals surface area contributed by atoms with Crippen molar-refractivity contribution >= 4 is 12.2 Å². The normalized spacial score (nSPS) is 9.07. The number of nitrogens with two attached hydrogens (primary N) is 1. The molecule has 0 saturated carbocycles. The number of amides is 1. The number of rotatable bonds is 2. The van der Waals surface area contributed by atoms with Crippen LogP contribution in [0.1, 0.15) is 26.3 Å². The van der Waals surface area contributed by atoms with Crippen molar-refractivity contribution in [1.29, 1.82) is 0 Å². The number of carbonyl (C=O) groups is 2. The number of aldehydes is 1. The van der Waals surface area contributed by atoms with Crippen LogP contribution < -0.4 is 5.73 Å². The molecular weight excluding hydrogens is 182 g/mol. The Kier molecular flexibility index (Phi) is 2.54.